The molecule has 0 spiro atoms. The van der Waals surface area contributed by atoms with Crippen molar-refractivity contribution in [3.05, 3.63) is 59.7 Å². The van der Waals surface area contributed by atoms with Crippen molar-refractivity contribution in [3.63, 3.8) is 0 Å². The van der Waals surface area contributed by atoms with Crippen LogP contribution >= 0.6 is 0 Å². The highest BCUT2D eigenvalue weighted by molar-refractivity contribution is 6.05. The molecule has 9 heteroatoms. The molecule has 0 heterocycles. The van der Waals surface area contributed by atoms with Gasteiger partial charge in [-0.15, -0.1) is 0 Å². The molecule has 0 aliphatic rings. The van der Waals surface area contributed by atoms with Gasteiger partial charge in [0.2, 0.25) is 5.91 Å². The second-order valence-electron chi connectivity index (χ2n) is 6.29. The van der Waals surface area contributed by atoms with Crippen LogP contribution in [0.5, 0.6) is 5.75 Å². The van der Waals surface area contributed by atoms with Crippen molar-refractivity contribution in [1.29, 1.82) is 0 Å². The van der Waals surface area contributed by atoms with Gasteiger partial charge in [-0.3, -0.25) is 9.59 Å². The van der Waals surface area contributed by atoms with E-state index in [1.165, 1.54) is 19.1 Å². The summed E-state index contributed by atoms with van der Waals surface area (Å²) in [6.45, 7) is 3.18. The highest BCUT2D eigenvalue weighted by Crippen LogP contribution is 2.30. The van der Waals surface area contributed by atoms with Crippen molar-refractivity contribution in [2.75, 3.05) is 11.9 Å². The van der Waals surface area contributed by atoms with E-state index in [2.05, 4.69) is 15.8 Å². The van der Waals surface area contributed by atoms with Crippen LogP contribution in [0.25, 0.3) is 0 Å². The minimum atomic E-state index is -4.50. The van der Waals surface area contributed by atoms with Gasteiger partial charge in [0.05, 0.1) is 12.0 Å². The summed E-state index contributed by atoms with van der Waals surface area (Å²) in [7, 11) is 0. The van der Waals surface area contributed by atoms with Crippen LogP contribution in [0.15, 0.2) is 53.6 Å². The number of alkyl halides is 3. The number of aryl methyl sites for hydroxylation is 1. The molecule has 6 nitrogen and oxygen atoms in total. The van der Waals surface area contributed by atoms with Crippen LogP contribution in [0, 0.1) is 6.92 Å². The van der Waals surface area contributed by atoms with Crippen LogP contribution in [-0.4, -0.2) is 24.1 Å². The Morgan fingerprint density at radius 1 is 1.07 bits per heavy atom. The molecule has 2 N–H and O–H groups in total. The molecule has 0 atom stereocenters. The lowest BCUT2D eigenvalue weighted by molar-refractivity contribution is -0.137. The van der Waals surface area contributed by atoms with E-state index < -0.39 is 23.6 Å². The molecule has 0 aliphatic carbocycles. The van der Waals surface area contributed by atoms with Crippen molar-refractivity contribution in [2.45, 2.75) is 26.4 Å². The van der Waals surface area contributed by atoms with Gasteiger partial charge in [0.15, 0.2) is 6.61 Å². The second kappa shape index (κ2) is 9.72. The number of amides is 2. The molecule has 0 saturated heterocycles. The number of anilines is 1. The van der Waals surface area contributed by atoms with E-state index >= 15 is 0 Å². The van der Waals surface area contributed by atoms with Crippen molar-refractivity contribution < 1.29 is 27.5 Å². The summed E-state index contributed by atoms with van der Waals surface area (Å²) in [5.41, 5.74) is 2.76. The Kier molecular flexibility index (Phi) is 7.35. The first-order valence-electron chi connectivity index (χ1n) is 8.62. The molecule has 2 aromatic carbocycles. The summed E-state index contributed by atoms with van der Waals surface area (Å²) in [6, 6.07) is 11.5. The maximum absolute atomic E-state index is 12.7. The van der Waals surface area contributed by atoms with Gasteiger partial charge >= 0.3 is 6.18 Å². The maximum atomic E-state index is 12.7. The normalized spacial score (nSPS) is 11.7. The van der Waals surface area contributed by atoms with Crippen LogP contribution in [0.2, 0.25) is 0 Å². The van der Waals surface area contributed by atoms with Gasteiger partial charge in [0.1, 0.15) is 5.75 Å². The lowest BCUT2D eigenvalue weighted by atomic mass is 10.2. The number of rotatable bonds is 7. The topological polar surface area (TPSA) is 79.8 Å². The first-order chi connectivity index (χ1) is 13.6. The number of carbonyl (C=O) groups is 2. The lowest BCUT2D eigenvalue weighted by Gasteiger charge is -2.10. The van der Waals surface area contributed by atoms with Gasteiger partial charge in [-0.1, -0.05) is 23.8 Å². The zero-order chi connectivity index (χ0) is 21.4. The first-order valence-corrected chi connectivity index (χ1v) is 8.62. The molecule has 0 bridgehead atoms. The van der Waals surface area contributed by atoms with Crippen molar-refractivity contribution in [2.24, 2.45) is 5.10 Å². The number of halogens is 3. The van der Waals surface area contributed by atoms with Gasteiger partial charge < -0.3 is 10.1 Å². The zero-order valence-corrected chi connectivity index (χ0v) is 15.8. The lowest BCUT2D eigenvalue weighted by Crippen LogP contribution is -2.26. The molecule has 2 amide bonds. The van der Waals surface area contributed by atoms with Gasteiger partial charge in [0, 0.05) is 11.4 Å². The molecule has 0 radical (unpaired) electrons. The van der Waals surface area contributed by atoms with E-state index in [-0.39, 0.29) is 24.4 Å². The van der Waals surface area contributed by atoms with E-state index in [1.807, 2.05) is 19.1 Å². The summed E-state index contributed by atoms with van der Waals surface area (Å²) in [5, 5.41) is 6.15. The highest BCUT2D eigenvalue weighted by Gasteiger charge is 2.30. The number of nitrogens with zero attached hydrogens (tertiary/aromatic N) is 1. The largest absolute Gasteiger partial charge is 0.484 e. The third-order valence-electron chi connectivity index (χ3n) is 3.65. The van der Waals surface area contributed by atoms with Crippen molar-refractivity contribution >= 4 is 23.2 Å². The summed E-state index contributed by atoms with van der Waals surface area (Å²) in [4.78, 5) is 23.7. The van der Waals surface area contributed by atoms with E-state index in [4.69, 9.17) is 4.74 Å². The van der Waals surface area contributed by atoms with Gasteiger partial charge in [-0.2, -0.15) is 18.3 Å². The third kappa shape index (κ3) is 7.65. The number of ether oxygens (including phenoxy) is 1. The smallest absolute Gasteiger partial charge is 0.416 e. The zero-order valence-electron chi connectivity index (χ0n) is 15.8. The average Bonchev–Trinajstić information content (AvgIpc) is 2.65. The minimum Gasteiger partial charge on any atom is -0.484 e. The van der Waals surface area contributed by atoms with E-state index in [0.29, 0.717) is 5.75 Å². The Hall–Kier alpha value is -3.36. The molecule has 0 unspecified atom stereocenters. The van der Waals surface area contributed by atoms with Gasteiger partial charge in [-0.05, 0) is 44.2 Å². The molecular formula is C20H20F3N3O3. The average molecular weight is 407 g/mol. The van der Waals surface area contributed by atoms with Crippen molar-refractivity contribution in [3.8, 4) is 5.75 Å². The number of nitrogens with one attached hydrogen (secondary N) is 2. The summed E-state index contributed by atoms with van der Waals surface area (Å²) < 4.78 is 43.4. The predicted molar refractivity (Wildman–Crippen MR) is 103 cm³/mol. The molecule has 0 aliphatic heterocycles. The van der Waals surface area contributed by atoms with E-state index in [0.717, 1.165) is 17.7 Å². The minimum absolute atomic E-state index is 0.0214. The van der Waals surface area contributed by atoms with Crippen LogP contribution in [0.1, 0.15) is 24.5 Å². The number of hydrogen-bond acceptors (Lipinski definition) is 4. The fourth-order valence-electron chi connectivity index (χ4n) is 2.22. The van der Waals surface area contributed by atoms with Gasteiger partial charge in [0.25, 0.3) is 5.91 Å². The number of benzene rings is 2. The molecule has 154 valence electrons. The highest BCUT2D eigenvalue weighted by atomic mass is 19.4. The summed E-state index contributed by atoms with van der Waals surface area (Å²) in [6.07, 6.45) is -4.70. The standard InChI is InChI=1S/C20H20F3N3O3/c1-13-6-8-17(9-7-13)29-12-19(28)26-25-14(2)10-18(27)24-16-5-3-4-15(11-16)20(21,22)23/h3-9,11H,10,12H2,1-2H3,(H,24,27)(H,26,28)/b25-14+. The molecular weight excluding hydrogens is 387 g/mol. The Balaban J connectivity index is 1.80. The third-order valence-corrected chi connectivity index (χ3v) is 3.65. The Labute approximate surface area is 165 Å². The molecule has 29 heavy (non-hydrogen) atoms. The van der Waals surface area contributed by atoms with Crippen LogP contribution in [-0.2, 0) is 15.8 Å². The number of hydrogen-bond donors (Lipinski definition) is 2. The monoisotopic (exact) mass is 407 g/mol. The Morgan fingerprint density at radius 3 is 2.41 bits per heavy atom. The molecule has 0 saturated carbocycles. The number of carbonyl (C=O) groups excluding carboxylic acids is 2. The second-order valence-corrected chi connectivity index (χ2v) is 6.29. The van der Waals surface area contributed by atoms with Crippen LogP contribution in [0.3, 0.4) is 0 Å². The van der Waals surface area contributed by atoms with Crippen LogP contribution in [0.4, 0.5) is 18.9 Å². The SMILES string of the molecule is C/C(CC(=O)Nc1cccc(C(F)(F)F)c1)=N\NC(=O)COc1ccc(C)cc1. The van der Waals surface area contributed by atoms with Crippen LogP contribution < -0.4 is 15.5 Å². The van der Waals surface area contributed by atoms with Crippen molar-refractivity contribution in [1.82, 2.24) is 5.43 Å². The van der Waals surface area contributed by atoms with Gasteiger partial charge in [-0.25, -0.2) is 5.43 Å². The molecule has 2 rings (SSSR count). The Bertz CT molecular complexity index is 894. The molecule has 0 fully saturated rings. The fourth-order valence-corrected chi connectivity index (χ4v) is 2.22. The van der Waals surface area contributed by atoms with E-state index in [1.54, 1.807) is 12.1 Å². The fraction of sp³-hybridized carbons (Fsp3) is 0.250. The maximum Gasteiger partial charge on any atom is 0.416 e. The first kappa shape index (κ1) is 21.9. The number of hydrazone groups is 1. The summed E-state index contributed by atoms with van der Waals surface area (Å²) >= 11 is 0. The van der Waals surface area contributed by atoms with E-state index in [9.17, 15) is 22.8 Å². The predicted octanol–water partition coefficient (Wildman–Crippen LogP) is 3.91. The quantitative estimate of drug-likeness (QED) is 0.539. The molecule has 0 aromatic heterocycles. The summed E-state index contributed by atoms with van der Waals surface area (Å²) in [5.74, 6) is -0.536. The molecule has 2 aromatic rings. The Morgan fingerprint density at radius 2 is 1.76 bits per heavy atom.